The number of benzene rings is 2. The first-order valence-electron chi connectivity index (χ1n) is 10.4. The van der Waals surface area contributed by atoms with Crippen LogP contribution in [-0.2, 0) is 6.61 Å². The quantitative estimate of drug-likeness (QED) is 0.564. The molecule has 5 nitrogen and oxygen atoms in total. The van der Waals surface area contributed by atoms with Crippen LogP contribution in [0.2, 0.25) is 0 Å². The van der Waals surface area contributed by atoms with Crippen LogP contribution in [0.4, 0.5) is 11.4 Å². The molecule has 1 aliphatic heterocycles. The Morgan fingerprint density at radius 2 is 1.73 bits per heavy atom. The van der Waals surface area contributed by atoms with Crippen molar-refractivity contribution in [3.63, 3.8) is 0 Å². The van der Waals surface area contributed by atoms with E-state index in [0.717, 1.165) is 35.2 Å². The molecular weight excluding hydrogens is 394 g/mol. The van der Waals surface area contributed by atoms with Gasteiger partial charge >= 0.3 is 0 Å². The van der Waals surface area contributed by atoms with Crippen LogP contribution in [0.3, 0.4) is 0 Å². The van der Waals surface area contributed by atoms with Gasteiger partial charge in [-0.2, -0.15) is 0 Å². The fraction of sp³-hybridized carbons (Fsp3) is 0.333. The number of carbonyl (C=O) groups is 1. The normalized spacial score (nSPS) is 13.9. The van der Waals surface area contributed by atoms with Gasteiger partial charge in [0.2, 0.25) is 0 Å². The Hall–Kier alpha value is -2.86. The summed E-state index contributed by atoms with van der Waals surface area (Å²) >= 11 is 1.38. The summed E-state index contributed by atoms with van der Waals surface area (Å²) in [4.78, 5) is 20.3. The van der Waals surface area contributed by atoms with Gasteiger partial charge < -0.3 is 15.0 Å². The van der Waals surface area contributed by atoms with Crippen molar-refractivity contribution in [2.75, 3.05) is 23.3 Å². The Bertz CT molecular complexity index is 990. The summed E-state index contributed by atoms with van der Waals surface area (Å²) in [6, 6.07) is 16.0. The smallest absolute Gasteiger partial charge is 0.267 e. The van der Waals surface area contributed by atoms with E-state index in [4.69, 9.17) is 4.74 Å². The van der Waals surface area contributed by atoms with E-state index in [1.54, 1.807) is 0 Å². The zero-order chi connectivity index (χ0) is 20.9. The van der Waals surface area contributed by atoms with Gasteiger partial charge in [0.05, 0.1) is 5.69 Å². The molecule has 0 radical (unpaired) electrons. The number of thiazole rings is 1. The third kappa shape index (κ3) is 5.00. The number of piperidine rings is 1. The SMILES string of the molecule is Cc1ccc(OCc2nc(C)c(C(=O)Nc3ccc(N4CCCCC4)cc3)s2)cc1. The van der Waals surface area contributed by atoms with Crippen LogP contribution >= 0.6 is 11.3 Å². The van der Waals surface area contributed by atoms with E-state index in [1.165, 1.54) is 41.9 Å². The number of aryl methyl sites for hydroxylation is 2. The molecule has 1 aliphatic rings. The Balaban J connectivity index is 1.36. The molecule has 0 spiro atoms. The molecule has 2 aromatic carbocycles. The lowest BCUT2D eigenvalue weighted by atomic mass is 10.1. The van der Waals surface area contributed by atoms with E-state index >= 15 is 0 Å². The van der Waals surface area contributed by atoms with Crippen molar-refractivity contribution in [3.05, 3.63) is 69.7 Å². The van der Waals surface area contributed by atoms with Gasteiger partial charge in [-0.05, 0) is 69.5 Å². The Morgan fingerprint density at radius 1 is 1.03 bits per heavy atom. The molecule has 4 rings (SSSR count). The number of aromatic nitrogens is 1. The van der Waals surface area contributed by atoms with Gasteiger partial charge in [-0.25, -0.2) is 4.98 Å². The van der Waals surface area contributed by atoms with Crippen molar-refractivity contribution >= 4 is 28.6 Å². The molecule has 0 atom stereocenters. The van der Waals surface area contributed by atoms with E-state index in [9.17, 15) is 4.79 Å². The third-order valence-electron chi connectivity index (χ3n) is 5.28. The molecule has 0 bridgehead atoms. The summed E-state index contributed by atoms with van der Waals surface area (Å²) < 4.78 is 5.80. The number of ether oxygens (including phenoxy) is 1. The zero-order valence-corrected chi connectivity index (χ0v) is 18.3. The van der Waals surface area contributed by atoms with Crippen LogP contribution in [0.15, 0.2) is 48.5 Å². The molecule has 2 heterocycles. The first-order chi connectivity index (χ1) is 14.6. The number of amides is 1. The van der Waals surface area contributed by atoms with Gasteiger partial charge in [-0.15, -0.1) is 11.3 Å². The lowest BCUT2D eigenvalue weighted by Crippen LogP contribution is -2.29. The monoisotopic (exact) mass is 421 g/mol. The average Bonchev–Trinajstić information content (AvgIpc) is 3.15. The van der Waals surface area contributed by atoms with Crippen LogP contribution < -0.4 is 15.0 Å². The van der Waals surface area contributed by atoms with Crippen molar-refractivity contribution in [1.82, 2.24) is 4.98 Å². The van der Waals surface area contributed by atoms with Gasteiger partial charge in [-0.3, -0.25) is 4.79 Å². The lowest BCUT2D eigenvalue weighted by Gasteiger charge is -2.28. The molecular formula is C24H27N3O2S. The van der Waals surface area contributed by atoms with Gasteiger partial charge in [0.1, 0.15) is 22.2 Å². The van der Waals surface area contributed by atoms with E-state index in [-0.39, 0.29) is 5.91 Å². The van der Waals surface area contributed by atoms with E-state index in [1.807, 2.05) is 50.2 Å². The molecule has 0 unspecified atom stereocenters. The van der Waals surface area contributed by atoms with Crippen LogP contribution in [-0.4, -0.2) is 24.0 Å². The van der Waals surface area contributed by atoms with Crippen molar-refractivity contribution in [1.29, 1.82) is 0 Å². The molecule has 30 heavy (non-hydrogen) atoms. The average molecular weight is 422 g/mol. The first-order valence-corrected chi connectivity index (χ1v) is 11.2. The molecule has 1 amide bonds. The molecule has 156 valence electrons. The topological polar surface area (TPSA) is 54.5 Å². The number of nitrogens with zero attached hydrogens (tertiary/aromatic N) is 2. The minimum Gasteiger partial charge on any atom is -0.486 e. The summed E-state index contributed by atoms with van der Waals surface area (Å²) in [7, 11) is 0. The van der Waals surface area contributed by atoms with Crippen LogP contribution in [0, 0.1) is 13.8 Å². The van der Waals surface area contributed by atoms with Gasteiger partial charge in [0.25, 0.3) is 5.91 Å². The first kappa shape index (κ1) is 20.4. The molecule has 3 aromatic rings. The molecule has 1 N–H and O–H groups in total. The standard InChI is InChI=1S/C24H27N3O2S/c1-17-6-12-21(13-7-17)29-16-22-25-18(2)23(30-22)24(28)26-19-8-10-20(11-9-19)27-14-4-3-5-15-27/h6-13H,3-5,14-16H2,1-2H3,(H,26,28). The summed E-state index contributed by atoms with van der Waals surface area (Å²) in [6.45, 7) is 6.48. The molecule has 6 heteroatoms. The number of nitrogens with one attached hydrogen (secondary N) is 1. The van der Waals surface area contributed by atoms with Gasteiger partial charge in [0, 0.05) is 24.5 Å². The maximum Gasteiger partial charge on any atom is 0.267 e. The van der Waals surface area contributed by atoms with Crippen LogP contribution in [0.5, 0.6) is 5.75 Å². The largest absolute Gasteiger partial charge is 0.486 e. The minimum atomic E-state index is -0.127. The number of carbonyl (C=O) groups excluding carboxylic acids is 1. The Kier molecular flexibility index (Phi) is 6.33. The number of hydrogen-bond acceptors (Lipinski definition) is 5. The summed E-state index contributed by atoms with van der Waals surface area (Å²) in [5.41, 5.74) is 3.93. The lowest BCUT2D eigenvalue weighted by molar-refractivity contribution is 0.103. The highest BCUT2D eigenvalue weighted by Crippen LogP contribution is 2.24. The van der Waals surface area contributed by atoms with E-state index in [0.29, 0.717) is 11.5 Å². The zero-order valence-electron chi connectivity index (χ0n) is 17.5. The van der Waals surface area contributed by atoms with Crippen molar-refractivity contribution in [3.8, 4) is 5.75 Å². The minimum absolute atomic E-state index is 0.127. The number of rotatable bonds is 6. The maximum absolute atomic E-state index is 12.8. The summed E-state index contributed by atoms with van der Waals surface area (Å²) in [5, 5.41) is 3.79. The second-order valence-corrected chi connectivity index (χ2v) is 8.76. The van der Waals surface area contributed by atoms with Crippen LogP contribution in [0.1, 0.15) is 45.2 Å². The second-order valence-electron chi connectivity index (χ2n) is 7.67. The highest BCUT2D eigenvalue weighted by atomic mass is 32.1. The summed E-state index contributed by atoms with van der Waals surface area (Å²) in [5.74, 6) is 0.672. The van der Waals surface area contributed by atoms with Crippen LogP contribution in [0.25, 0.3) is 0 Å². The molecule has 1 aromatic heterocycles. The van der Waals surface area contributed by atoms with Crippen molar-refractivity contribution in [2.45, 2.75) is 39.7 Å². The second kappa shape index (κ2) is 9.30. The van der Waals surface area contributed by atoms with Gasteiger partial charge in [-0.1, -0.05) is 17.7 Å². The van der Waals surface area contributed by atoms with Crippen molar-refractivity contribution in [2.24, 2.45) is 0 Å². The maximum atomic E-state index is 12.8. The Labute approximate surface area is 181 Å². The fourth-order valence-electron chi connectivity index (χ4n) is 3.60. The highest BCUT2D eigenvalue weighted by molar-refractivity contribution is 7.13. The molecule has 1 fully saturated rings. The number of hydrogen-bond donors (Lipinski definition) is 1. The molecule has 1 saturated heterocycles. The predicted molar refractivity (Wildman–Crippen MR) is 123 cm³/mol. The molecule has 0 aliphatic carbocycles. The van der Waals surface area contributed by atoms with E-state index in [2.05, 4.69) is 27.3 Å². The predicted octanol–water partition coefficient (Wildman–Crippen LogP) is 5.58. The number of anilines is 2. The molecule has 0 saturated carbocycles. The highest BCUT2D eigenvalue weighted by Gasteiger charge is 2.16. The summed E-state index contributed by atoms with van der Waals surface area (Å²) in [6.07, 6.45) is 3.81. The van der Waals surface area contributed by atoms with Crippen molar-refractivity contribution < 1.29 is 9.53 Å². The van der Waals surface area contributed by atoms with Gasteiger partial charge in [0.15, 0.2) is 0 Å². The third-order valence-corrected chi connectivity index (χ3v) is 6.41. The van der Waals surface area contributed by atoms with E-state index < -0.39 is 0 Å². The fourth-order valence-corrected chi connectivity index (χ4v) is 4.47. The Morgan fingerprint density at radius 3 is 2.43 bits per heavy atom.